The second kappa shape index (κ2) is 5.86. The third-order valence-electron chi connectivity index (χ3n) is 2.71. The molecule has 0 atom stereocenters. The molecule has 0 aliphatic carbocycles. The molecule has 5 nitrogen and oxygen atoms in total. The number of hydrogen-bond donors (Lipinski definition) is 1. The highest BCUT2D eigenvalue weighted by molar-refractivity contribution is 5.51. The van der Waals surface area contributed by atoms with Crippen LogP contribution in [0.5, 0.6) is 5.75 Å². The van der Waals surface area contributed by atoms with E-state index < -0.39 is 4.92 Å². The van der Waals surface area contributed by atoms with Crippen molar-refractivity contribution in [3.63, 3.8) is 0 Å². The largest absolute Gasteiger partial charge is 0.491 e. The lowest BCUT2D eigenvalue weighted by Gasteiger charge is -2.08. The summed E-state index contributed by atoms with van der Waals surface area (Å²) in [7, 11) is 0. The van der Waals surface area contributed by atoms with E-state index in [0.29, 0.717) is 24.5 Å². The highest BCUT2D eigenvalue weighted by Gasteiger charge is 2.04. The topological polar surface area (TPSA) is 78.4 Å². The molecule has 5 heteroatoms. The van der Waals surface area contributed by atoms with Crippen molar-refractivity contribution in [2.24, 2.45) is 0 Å². The van der Waals surface area contributed by atoms with Gasteiger partial charge in [0.2, 0.25) is 0 Å². The molecule has 0 fully saturated rings. The Balaban J connectivity index is 1.89. The first-order chi connectivity index (χ1) is 9.16. The summed E-state index contributed by atoms with van der Waals surface area (Å²) in [6.07, 6.45) is 0.673. The Morgan fingerprint density at radius 2 is 1.79 bits per heavy atom. The number of nitrogens with zero attached hydrogens (tertiary/aromatic N) is 1. The normalized spacial score (nSPS) is 10.1. The maximum absolute atomic E-state index is 10.5. The van der Waals surface area contributed by atoms with E-state index in [0.717, 1.165) is 5.56 Å². The van der Waals surface area contributed by atoms with Crippen molar-refractivity contribution < 1.29 is 9.66 Å². The van der Waals surface area contributed by atoms with Gasteiger partial charge in [-0.25, -0.2) is 0 Å². The van der Waals surface area contributed by atoms with E-state index in [1.807, 2.05) is 18.2 Å². The van der Waals surface area contributed by atoms with Gasteiger partial charge in [-0.3, -0.25) is 10.1 Å². The Morgan fingerprint density at radius 3 is 2.42 bits per heavy atom. The van der Waals surface area contributed by atoms with Gasteiger partial charge < -0.3 is 10.5 Å². The molecule has 19 heavy (non-hydrogen) atoms. The number of nitro benzene ring substituents is 1. The fourth-order valence-electron chi connectivity index (χ4n) is 1.68. The van der Waals surface area contributed by atoms with Gasteiger partial charge in [-0.15, -0.1) is 0 Å². The number of ether oxygens (including phenoxy) is 1. The lowest BCUT2D eigenvalue weighted by Crippen LogP contribution is -2.03. The molecule has 0 spiro atoms. The summed E-state index contributed by atoms with van der Waals surface area (Å²) in [5.41, 5.74) is 7.44. The molecule has 0 bridgehead atoms. The van der Waals surface area contributed by atoms with Crippen LogP contribution in [0.25, 0.3) is 0 Å². The van der Waals surface area contributed by atoms with Crippen LogP contribution in [0, 0.1) is 10.1 Å². The standard InChI is InChI=1S/C14H14N2O3/c15-13-3-1-2-4-14(13)19-10-9-11-5-7-12(8-6-11)16(17)18/h1-8H,9-10,15H2. The average molecular weight is 258 g/mol. The predicted molar refractivity (Wildman–Crippen MR) is 73.1 cm³/mol. The van der Waals surface area contributed by atoms with Crippen molar-refractivity contribution >= 4 is 11.4 Å². The van der Waals surface area contributed by atoms with E-state index in [1.54, 1.807) is 18.2 Å². The zero-order valence-corrected chi connectivity index (χ0v) is 10.3. The second-order valence-electron chi connectivity index (χ2n) is 4.06. The van der Waals surface area contributed by atoms with Crippen molar-refractivity contribution in [3.8, 4) is 5.75 Å². The smallest absolute Gasteiger partial charge is 0.269 e. The number of para-hydroxylation sites is 2. The van der Waals surface area contributed by atoms with Crippen molar-refractivity contribution in [1.82, 2.24) is 0 Å². The summed E-state index contributed by atoms with van der Waals surface area (Å²) in [4.78, 5) is 10.1. The van der Waals surface area contributed by atoms with Crippen LogP contribution in [0.1, 0.15) is 5.56 Å². The van der Waals surface area contributed by atoms with Crippen LogP contribution in [-0.4, -0.2) is 11.5 Å². The molecule has 0 amide bonds. The highest BCUT2D eigenvalue weighted by Crippen LogP contribution is 2.20. The minimum absolute atomic E-state index is 0.0944. The Labute approximate surface area is 110 Å². The van der Waals surface area contributed by atoms with Crippen molar-refractivity contribution in [2.75, 3.05) is 12.3 Å². The van der Waals surface area contributed by atoms with E-state index in [2.05, 4.69) is 0 Å². The zero-order valence-electron chi connectivity index (χ0n) is 10.3. The van der Waals surface area contributed by atoms with Gasteiger partial charge in [-0.1, -0.05) is 24.3 Å². The zero-order chi connectivity index (χ0) is 13.7. The molecule has 2 rings (SSSR count). The van der Waals surface area contributed by atoms with E-state index in [9.17, 15) is 10.1 Å². The molecule has 98 valence electrons. The molecule has 0 aliphatic heterocycles. The summed E-state index contributed by atoms with van der Waals surface area (Å²) < 4.78 is 5.56. The van der Waals surface area contributed by atoms with E-state index in [-0.39, 0.29) is 5.69 Å². The van der Waals surface area contributed by atoms with Gasteiger partial charge in [-0.05, 0) is 17.7 Å². The Bertz CT molecular complexity index is 567. The molecule has 0 unspecified atom stereocenters. The fraction of sp³-hybridized carbons (Fsp3) is 0.143. The molecular weight excluding hydrogens is 244 g/mol. The van der Waals surface area contributed by atoms with Gasteiger partial charge in [0, 0.05) is 18.6 Å². The third kappa shape index (κ3) is 3.45. The maximum Gasteiger partial charge on any atom is 0.269 e. The van der Waals surface area contributed by atoms with Gasteiger partial charge in [0.05, 0.1) is 17.2 Å². The molecular formula is C14H14N2O3. The lowest BCUT2D eigenvalue weighted by atomic mass is 10.1. The van der Waals surface area contributed by atoms with Crippen LogP contribution in [0.4, 0.5) is 11.4 Å². The van der Waals surface area contributed by atoms with Crippen molar-refractivity contribution in [2.45, 2.75) is 6.42 Å². The quantitative estimate of drug-likeness (QED) is 0.508. The predicted octanol–water partition coefficient (Wildman–Crippen LogP) is 2.80. The number of benzene rings is 2. The Morgan fingerprint density at radius 1 is 1.11 bits per heavy atom. The number of nitrogen functional groups attached to an aromatic ring is 1. The van der Waals surface area contributed by atoms with E-state index in [4.69, 9.17) is 10.5 Å². The molecule has 0 aliphatic rings. The molecule has 2 N–H and O–H groups in total. The summed E-state index contributed by atoms with van der Waals surface area (Å²) in [6, 6.07) is 13.7. The van der Waals surface area contributed by atoms with Gasteiger partial charge in [0.25, 0.3) is 5.69 Å². The van der Waals surface area contributed by atoms with Gasteiger partial charge in [-0.2, -0.15) is 0 Å². The van der Waals surface area contributed by atoms with E-state index >= 15 is 0 Å². The molecule has 2 aromatic carbocycles. The monoisotopic (exact) mass is 258 g/mol. The van der Waals surface area contributed by atoms with Crippen molar-refractivity contribution in [3.05, 3.63) is 64.2 Å². The summed E-state index contributed by atoms with van der Waals surface area (Å²) >= 11 is 0. The molecule has 2 aromatic rings. The molecule has 0 saturated heterocycles. The summed E-state index contributed by atoms with van der Waals surface area (Å²) in [6.45, 7) is 0.478. The number of hydrogen-bond acceptors (Lipinski definition) is 4. The Kier molecular flexibility index (Phi) is 3.97. The first kappa shape index (κ1) is 12.9. The second-order valence-corrected chi connectivity index (χ2v) is 4.06. The van der Waals surface area contributed by atoms with Crippen molar-refractivity contribution in [1.29, 1.82) is 0 Å². The summed E-state index contributed by atoms with van der Waals surface area (Å²) in [5.74, 6) is 0.657. The molecule has 0 heterocycles. The molecule has 0 aromatic heterocycles. The van der Waals surface area contributed by atoms with Crippen LogP contribution >= 0.6 is 0 Å². The third-order valence-corrected chi connectivity index (χ3v) is 2.71. The van der Waals surface area contributed by atoms with Gasteiger partial charge in [0.15, 0.2) is 0 Å². The number of nitrogens with two attached hydrogens (primary N) is 1. The molecule has 0 saturated carbocycles. The minimum atomic E-state index is -0.412. The summed E-state index contributed by atoms with van der Waals surface area (Å²) in [5, 5.41) is 10.5. The Hall–Kier alpha value is -2.56. The van der Waals surface area contributed by atoms with Crippen LogP contribution in [0.3, 0.4) is 0 Å². The van der Waals surface area contributed by atoms with E-state index in [1.165, 1.54) is 12.1 Å². The fourth-order valence-corrected chi connectivity index (χ4v) is 1.68. The number of non-ortho nitro benzene ring substituents is 1. The van der Waals surface area contributed by atoms with Gasteiger partial charge >= 0.3 is 0 Å². The SMILES string of the molecule is Nc1ccccc1OCCc1ccc([N+](=O)[O-])cc1. The van der Waals surface area contributed by atoms with Gasteiger partial charge in [0.1, 0.15) is 5.75 Å². The number of nitro groups is 1. The van der Waals surface area contributed by atoms with Crippen LogP contribution < -0.4 is 10.5 Å². The average Bonchev–Trinajstić information content (AvgIpc) is 2.41. The minimum Gasteiger partial charge on any atom is -0.491 e. The van der Waals surface area contributed by atoms with Crippen LogP contribution in [0.2, 0.25) is 0 Å². The maximum atomic E-state index is 10.5. The lowest BCUT2D eigenvalue weighted by molar-refractivity contribution is -0.384. The van der Waals surface area contributed by atoms with Crippen LogP contribution in [0.15, 0.2) is 48.5 Å². The highest BCUT2D eigenvalue weighted by atomic mass is 16.6. The van der Waals surface area contributed by atoms with Crippen LogP contribution in [-0.2, 0) is 6.42 Å². The first-order valence-corrected chi connectivity index (χ1v) is 5.87. The first-order valence-electron chi connectivity index (χ1n) is 5.87. The number of rotatable bonds is 5. The molecule has 0 radical (unpaired) electrons. The number of anilines is 1.